The Bertz CT molecular complexity index is 309. The van der Waals surface area contributed by atoms with Gasteiger partial charge in [0.1, 0.15) is 11.9 Å². The lowest BCUT2D eigenvalue weighted by molar-refractivity contribution is 0.300. The minimum Gasteiger partial charge on any atom is -0.497 e. The lowest BCUT2D eigenvalue weighted by atomic mass is 9.90. The molecule has 13 heavy (non-hydrogen) atoms. The van der Waals surface area contributed by atoms with Crippen molar-refractivity contribution in [1.29, 1.82) is 0 Å². The van der Waals surface area contributed by atoms with Crippen LogP contribution in [-0.2, 0) is 6.42 Å². The summed E-state index contributed by atoms with van der Waals surface area (Å²) in [6, 6.07) is 5.69. The van der Waals surface area contributed by atoms with Crippen molar-refractivity contribution in [3.8, 4) is 5.75 Å². The first kappa shape index (κ1) is 8.54. The van der Waals surface area contributed by atoms with Crippen LogP contribution in [0.25, 0.3) is 0 Å². The molecule has 1 nitrogen and oxygen atoms in total. The van der Waals surface area contributed by atoms with E-state index in [4.69, 9.17) is 4.74 Å². The Balaban J connectivity index is 2.41. The van der Waals surface area contributed by atoms with Gasteiger partial charge >= 0.3 is 0 Å². The normalized spacial score (nSPS) is 20.9. The molecule has 0 amide bonds. The fraction of sp³-hybridized carbons (Fsp3) is 0.455. The van der Waals surface area contributed by atoms with E-state index in [0.717, 1.165) is 29.7 Å². The fourth-order valence-corrected chi connectivity index (χ4v) is 1.85. The van der Waals surface area contributed by atoms with Crippen LogP contribution in [0.4, 0.5) is 4.39 Å². The van der Waals surface area contributed by atoms with Gasteiger partial charge in [0, 0.05) is 0 Å². The zero-order chi connectivity index (χ0) is 9.26. The van der Waals surface area contributed by atoms with E-state index >= 15 is 0 Å². The number of alkyl halides is 1. The van der Waals surface area contributed by atoms with Crippen molar-refractivity contribution in [2.24, 2.45) is 0 Å². The van der Waals surface area contributed by atoms with Crippen molar-refractivity contribution in [2.45, 2.75) is 25.4 Å². The van der Waals surface area contributed by atoms with Gasteiger partial charge in [-0.25, -0.2) is 4.39 Å². The molecule has 0 radical (unpaired) electrons. The highest BCUT2D eigenvalue weighted by molar-refractivity contribution is 5.38. The van der Waals surface area contributed by atoms with Gasteiger partial charge in [0.25, 0.3) is 0 Å². The van der Waals surface area contributed by atoms with Crippen LogP contribution in [-0.4, -0.2) is 7.11 Å². The van der Waals surface area contributed by atoms with E-state index in [1.54, 1.807) is 7.11 Å². The summed E-state index contributed by atoms with van der Waals surface area (Å²) in [5, 5.41) is 0. The number of halogens is 1. The second-order valence-corrected chi connectivity index (χ2v) is 3.42. The molecule has 1 aliphatic rings. The molecule has 2 rings (SSSR count). The van der Waals surface area contributed by atoms with Crippen molar-refractivity contribution in [3.63, 3.8) is 0 Å². The molecule has 1 aromatic rings. The first-order valence-electron chi connectivity index (χ1n) is 4.62. The predicted molar refractivity (Wildman–Crippen MR) is 49.8 cm³/mol. The molecule has 0 N–H and O–H groups in total. The smallest absolute Gasteiger partial charge is 0.126 e. The van der Waals surface area contributed by atoms with Gasteiger partial charge in [-0.2, -0.15) is 0 Å². The molecule has 1 atom stereocenters. The maximum Gasteiger partial charge on any atom is 0.126 e. The van der Waals surface area contributed by atoms with E-state index in [1.807, 2.05) is 18.2 Å². The average Bonchev–Trinajstić information content (AvgIpc) is 2.18. The summed E-state index contributed by atoms with van der Waals surface area (Å²) >= 11 is 0. The van der Waals surface area contributed by atoms with Crippen molar-refractivity contribution in [3.05, 3.63) is 29.3 Å². The Morgan fingerprint density at radius 2 is 2.31 bits per heavy atom. The molecule has 70 valence electrons. The molecule has 0 spiro atoms. The number of benzene rings is 1. The van der Waals surface area contributed by atoms with E-state index in [-0.39, 0.29) is 0 Å². The second-order valence-electron chi connectivity index (χ2n) is 3.42. The Morgan fingerprint density at radius 1 is 1.46 bits per heavy atom. The molecule has 1 aromatic carbocycles. The summed E-state index contributed by atoms with van der Waals surface area (Å²) in [5.41, 5.74) is 1.96. The fourth-order valence-electron chi connectivity index (χ4n) is 1.85. The van der Waals surface area contributed by atoms with Crippen LogP contribution in [0.15, 0.2) is 18.2 Å². The minimum absolute atomic E-state index is 0.653. The molecular weight excluding hydrogens is 167 g/mol. The Labute approximate surface area is 77.5 Å². The monoisotopic (exact) mass is 180 g/mol. The molecule has 0 aliphatic heterocycles. The summed E-state index contributed by atoms with van der Waals surface area (Å²) in [4.78, 5) is 0. The predicted octanol–water partition coefficient (Wildman–Crippen LogP) is 3.04. The molecule has 0 aromatic heterocycles. The highest BCUT2D eigenvalue weighted by atomic mass is 19.1. The molecular formula is C11H13FO. The standard InChI is InChI=1S/C11H13FO/c1-13-9-6-5-8-3-2-4-11(12)10(8)7-9/h5-7,11H,2-4H2,1H3. The average molecular weight is 180 g/mol. The van der Waals surface area contributed by atoms with Gasteiger partial charge in [-0.3, -0.25) is 0 Å². The van der Waals surface area contributed by atoms with Crippen LogP contribution in [0.2, 0.25) is 0 Å². The highest BCUT2D eigenvalue weighted by Crippen LogP contribution is 2.34. The van der Waals surface area contributed by atoms with Gasteiger partial charge in [-0.1, -0.05) is 6.07 Å². The lowest BCUT2D eigenvalue weighted by Crippen LogP contribution is -2.05. The SMILES string of the molecule is COc1ccc2c(c1)C(F)CCC2. The quantitative estimate of drug-likeness (QED) is 0.645. The van der Waals surface area contributed by atoms with E-state index in [9.17, 15) is 4.39 Å². The first-order valence-corrected chi connectivity index (χ1v) is 4.62. The molecule has 2 heteroatoms. The van der Waals surface area contributed by atoms with E-state index in [0.29, 0.717) is 6.42 Å². The van der Waals surface area contributed by atoms with Crippen LogP contribution in [0.5, 0.6) is 5.75 Å². The van der Waals surface area contributed by atoms with Gasteiger partial charge in [-0.05, 0) is 42.5 Å². The zero-order valence-electron chi connectivity index (χ0n) is 7.72. The van der Waals surface area contributed by atoms with Crippen LogP contribution in [0, 0.1) is 0 Å². The molecule has 0 heterocycles. The number of rotatable bonds is 1. The number of methoxy groups -OCH3 is 1. The van der Waals surface area contributed by atoms with Crippen molar-refractivity contribution < 1.29 is 9.13 Å². The summed E-state index contributed by atoms with van der Waals surface area (Å²) in [5.74, 6) is 0.753. The largest absolute Gasteiger partial charge is 0.497 e. The topological polar surface area (TPSA) is 9.23 Å². The lowest BCUT2D eigenvalue weighted by Gasteiger charge is -2.19. The van der Waals surface area contributed by atoms with Crippen LogP contribution in [0.1, 0.15) is 30.1 Å². The third-order valence-corrected chi connectivity index (χ3v) is 2.59. The van der Waals surface area contributed by atoms with Gasteiger partial charge < -0.3 is 4.74 Å². The summed E-state index contributed by atoms with van der Waals surface area (Å²) in [7, 11) is 1.61. The number of hydrogen-bond acceptors (Lipinski definition) is 1. The van der Waals surface area contributed by atoms with Gasteiger partial charge in [0.15, 0.2) is 0 Å². The third-order valence-electron chi connectivity index (χ3n) is 2.59. The van der Waals surface area contributed by atoms with Gasteiger partial charge in [0.05, 0.1) is 7.11 Å². The van der Waals surface area contributed by atoms with Crippen LogP contribution < -0.4 is 4.74 Å². The number of aryl methyl sites for hydroxylation is 1. The van der Waals surface area contributed by atoms with Crippen LogP contribution in [0.3, 0.4) is 0 Å². The summed E-state index contributed by atoms with van der Waals surface area (Å²) < 4.78 is 18.5. The molecule has 0 saturated heterocycles. The molecule has 0 fully saturated rings. The Hall–Kier alpha value is -1.05. The zero-order valence-corrected chi connectivity index (χ0v) is 7.72. The molecule has 1 aliphatic carbocycles. The third kappa shape index (κ3) is 1.53. The number of fused-ring (bicyclic) bond motifs is 1. The molecule has 0 saturated carbocycles. The van der Waals surface area contributed by atoms with Crippen LogP contribution >= 0.6 is 0 Å². The molecule has 0 bridgehead atoms. The van der Waals surface area contributed by atoms with Gasteiger partial charge in [-0.15, -0.1) is 0 Å². The maximum absolute atomic E-state index is 13.4. The second kappa shape index (κ2) is 3.36. The Morgan fingerprint density at radius 3 is 3.08 bits per heavy atom. The van der Waals surface area contributed by atoms with E-state index < -0.39 is 6.17 Å². The summed E-state index contributed by atoms with van der Waals surface area (Å²) in [6.07, 6.45) is 1.82. The minimum atomic E-state index is -0.793. The Kier molecular flexibility index (Phi) is 2.21. The van der Waals surface area contributed by atoms with Crippen molar-refractivity contribution in [2.75, 3.05) is 7.11 Å². The number of ether oxygens (including phenoxy) is 1. The highest BCUT2D eigenvalue weighted by Gasteiger charge is 2.19. The molecule has 1 unspecified atom stereocenters. The van der Waals surface area contributed by atoms with Crippen molar-refractivity contribution >= 4 is 0 Å². The maximum atomic E-state index is 13.4. The van der Waals surface area contributed by atoms with E-state index in [1.165, 1.54) is 0 Å². The van der Waals surface area contributed by atoms with Gasteiger partial charge in [0.2, 0.25) is 0 Å². The van der Waals surface area contributed by atoms with E-state index in [2.05, 4.69) is 0 Å². The summed E-state index contributed by atoms with van der Waals surface area (Å²) in [6.45, 7) is 0. The van der Waals surface area contributed by atoms with Crippen molar-refractivity contribution in [1.82, 2.24) is 0 Å². The first-order chi connectivity index (χ1) is 6.31. The number of hydrogen-bond donors (Lipinski definition) is 0.